The average molecular weight is 373 g/mol. The van der Waals surface area contributed by atoms with E-state index >= 15 is 0 Å². The lowest BCUT2D eigenvalue weighted by molar-refractivity contribution is -0.126. The summed E-state index contributed by atoms with van der Waals surface area (Å²) in [6, 6.07) is 14.7. The van der Waals surface area contributed by atoms with E-state index in [0.29, 0.717) is 24.7 Å². The number of amides is 2. The number of anilines is 1. The van der Waals surface area contributed by atoms with Crippen LogP contribution in [0.25, 0.3) is 0 Å². The number of hydrogen-bond acceptors (Lipinski definition) is 3. The molecule has 0 aliphatic carbocycles. The van der Waals surface area contributed by atoms with E-state index in [9.17, 15) is 9.59 Å². The van der Waals surface area contributed by atoms with E-state index in [1.807, 2.05) is 31.2 Å². The molecule has 136 valence electrons. The molecule has 0 bridgehead atoms. The third-order valence-corrected chi connectivity index (χ3v) is 4.59. The highest BCUT2D eigenvalue weighted by atomic mass is 35.5. The molecule has 2 aromatic rings. The van der Waals surface area contributed by atoms with Gasteiger partial charge < -0.3 is 15.0 Å². The summed E-state index contributed by atoms with van der Waals surface area (Å²) < 4.78 is 5.40. The molecule has 2 amide bonds. The Morgan fingerprint density at radius 1 is 1.19 bits per heavy atom. The fourth-order valence-corrected chi connectivity index (χ4v) is 3.08. The van der Waals surface area contributed by atoms with Gasteiger partial charge in [0, 0.05) is 30.2 Å². The Morgan fingerprint density at radius 2 is 1.88 bits per heavy atom. The molecule has 1 fully saturated rings. The molecule has 0 aromatic heterocycles. The Balaban J connectivity index is 1.55. The Morgan fingerprint density at radius 3 is 2.54 bits per heavy atom. The zero-order valence-electron chi connectivity index (χ0n) is 14.6. The van der Waals surface area contributed by atoms with Crippen molar-refractivity contribution in [1.29, 1.82) is 0 Å². The lowest BCUT2D eigenvalue weighted by atomic mass is 10.1. The van der Waals surface area contributed by atoms with E-state index in [1.165, 1.54) is 0 Å². The second-order valence-electron chi connectivity index (χ2n) is 6.18. The summed E-state index contributed by atoms with van der Waals surface area (Å²) in [6.45, 7) is 3.37. The molecule has 0 radical (unpaired) electrons. The van der Waals surface area contributed by atoms with Crippen molar-refractivity contribution >= 4 is 29.1 Å². The van der Waals surface area contributed by atoms with Gasteiger partial charge in [-0.05, 0) is 48.9 Å². The van der Waals surface area contributed by atoms with Gasteiger partial charge in [-0.15, -0.1) is 0 Å². The van der Waals surface area contributed by atoms with Gasteiger partial charge in [-0.2, -0.15) is 0 Å². The molecule has 0 unspecified atom stereocenters. The number of carbonyl (C=O) groups is 2. The van der Waals surface area contributed by atoms with Crippen molar-refractivity contribution in [1.82, 2.24) is 5.32 Å². The average Bonchev–Trinajstić information content (AvgIpc) is 3.04. The van der Waals surface area contributed by atoms with Gasteiger partial charge >= 0.3 is 0 Å². The maximum absolute atomic E-state index is 12.4. The molecule has 0 spiro atoms. The standard InChI is InChI=1S/C20H21ClN2O3/c1-2-26-18-9-3-14(4-10-18)12-22-20(25)15-11-19(24)23(13-15)17-7-5-16(21)6-8-17/h3-10,15H,2,11-13H2,1H3,(H,22,25)/t15-/m0/s1. The number of hydrogen-bond donors (Lipinski definition) is 1. The molecule has 1 heterocycles. The van der Waals surface area contributed by atoms with Gasteiger partial charge in [-0.1, -0.05) is 23.7 Å². The van der Waals surface area contributed by atoms with Crippen molar-refractivity contribution in [3.63, 3.8) is 0 Å². The molecule has 2 aromatic carbocycles. The third kappa shape index (κ3) is 4.35. The predicted molar refractivity (Wildman–Crippen MR) is 101 cm³/mol. The summed E-state index contributed by atoms with van der Waals surface area (Å²) in [5.41, 5.74) is 1.75. The third-order valence-electron chi connectivity index (χ3n) is 4.34. The number of rotatable bonds is 6. The highest BCUT2D eigenvalue weighted by molar-refractivity contribution is 6.30. The second-order valence-corrected chi connectivity index (χ2v) is 6.61. The van der Waals surface area contributed by atoms with Crippen LogP contribution in [-0.4, -0.2) is 25.0 Å². The fourth-order valence-electron chi connectivity index (χ4n) is 2.96. The lowest BCUT2D eigenvalue weighted by Crippen LogP contribution is -2.32. The van der Waals surface area contributed by atoms with Crippen molar-refractivity contribution in [3.8, 4) is 5.75 Å². The number of nitrogens with one attached hydrogen (secondary N) is 1. The van der Waals surface area contributed by atoms with Crippen LogP contribution in [0, 0.1) is 5.92 Å². The largest absolute Gasteiger partial charge is 0.494 e. The highest BCUT2D eigenvalue weighted by Crippen LogP contribution is 2.26. The molecular weight excluding hydrogens is 352 g/mol. The van der Waals surface area contributed by atoms with E-state index in [0.717, 1.165) is 17.0 Å². The minimum atomic E-state index is -0.346. The van der Waals surface area contributed by atoms with Crippen LogP contribution >= 0.6 is 11.6 Å². The number of nitrogens with zero attached hydrogens (tertiary/aromatic N) is 1. The molecule has 1 atom stereocenters. The van der Waals surface area contributed by atoms with Crippen LogP contribution in [0.1, 0.15) is 18.9 Å². The van der Waals surface area contributed by atoms with E-state index < -0.39 is 0 Å². The SMILES string of the molecule is CCOc1ccc(CNC(=O)[C@H]2CC(=O)N(c3ccc(Cl)cc3)C2)cc1. The second kappa shape index (κ2) is 8.23. The Bertz CT molecular complexity index is 775. The van der Waals surface area contributed by atoms with Crippen LogP contribution in [-0.2, 0) is 16.1 Å². The molecular formula is C20H21ClN2O3. The van der Waals surface area contributed by atoms with Crippen LogP contribution in [0.5, 0.6) is 5.75 Å². The number of carbonyl (C=O) groups excluding carboxylic acids is 2. The Hall–Kier alpha value is -2.53. The van der Waals surface area contributed by atoms with E-state index in [-0.39, 0.29) is 24.2 Å². The quantitative estimate of drug-likeness (QED) is 0.845. The fraction of sp³-hybridized carbons (Fsp3) is 0.300. The van der Waals surface area contributed by atoms with Crippen LogP contribution in [0.3, 0.4) is 0 Å². The molecule has 1 aliphatic heterocycles. The van der Waals surface area contributed by atoms with E-state index in [2.05, 4.69) is 5.32 Å². The van der Waals surface area contributed by atoms with Crippen molar-refractivity contribution in [3.05, 3.63) is 59.1 Å². The molecule has 0 saturated carbocycles. The monoisotopic (exact) mass is 372 g/mol. The normalized spacial score (nSPS) is 16.6. The highest BCUT2D eigenvalue weighted by Gasteiger charge is 2.34. The summed E-state index contributed by atoms with van der Waals surface area (Å²) >= 11 is 5.89. The Labute approximate surface area is 157 Å². The maximum atomic E-state index is 12.4. The van der Waals surface area contributed by atoms with Gasteiger partial charge in [-0.3, -0.25) is 9.59 Å². The van der Waals surface area contributed by atoms with Crippen molar-refractivity contribution < 1.29 is 14.3 Å². The zero-order chi connectivity index (χ0) is 18.5. The minimum Gasteiger partial charge on any atom is -0.494 e. The summed E-state index contributed by atoms with van der Waals surface area (Å²) in [7, 11) is 0. The van der Waals surface area contributed by atoms with Crippen LogP contribution in [0.4, 0.5) is 5.69 Å². The smallest absolute Gasteiger partial charge is 0.227 e. The molecule has 1 aliphatic rings. The van der Waals surface area contributed by atoms with E-state index in [4.69, 9.17) is 16.3 Å². The van der Waals surface area contributed by atoms with Gasteiger partial charge in [0.15, 0.2) is 0 Å². The first kappa shape index (κ1) is 18.3. The lowest BCUT2D eigenvalue weighted by Gasteiger charge is -2.16. The van der Waals surface area contributed by atoms with Crippen molar-refractivity contribution in [2.24, 2.45) is 5.92 Å². The summed E-state index contributed by atoms with van der Waals surface area (Å²) in [4.78, 5) is 26.3. The van der Waals surface area contributed by atoms with Crippen LogP contribution in [0.2, 0.25) is 5.02 Å². The number of ether oxygens (including phenoxy) is 1. The van der Waals surface area contributed by atoms with Crippen LogP contribution in [0.15, 0.2) is 48.5 Å². The summed E-state index contributed by atoms with van der Waals surface area (Å²) in [5, 5.41) is 3.53. The minimum absolute atomic E-state index is 0.0476. The molecule has 6 heteroatoms. The first-order chi connectivity index (χ1) is 12.6. The van der Waals surface area contributed by atoms with Gasteiger partial charge in [-0.25, -0.2) is 0 Å². The Kier molecular flexibility index (Phi) is 5.78. The van der Waals surface area contributed by atoms with Gasteiger partial charge in [0.25, 0.3) is 0 Å². The number of halogens is 1. The van der Waals surface area contributed by atoms with Gasteiger partial charge in [0.05, 0.1) is 12.5 Å². The molecule has 1 N–H and O–H groups in total. The van der Waals surface area contributed by atoms with E-state index in [1.54, 1.807) is 29.2 Å². The zero-order valence-corrected chi connectivity index (χ0v) is 15.3. The van der Waals surface area contributed by atoms with Gasteiger partial charge in [0.1, 0.15) is 5.75 Å². The van der Waals surface area contributed by atoms with Crippen LogP contribution < -0.4 is 15.0 Å². The molecule has 1 saturated heterocycles. The molecule has 3 rings (SSSR count). The maximum Gasteiger partial charge on any atom is 0.227 e. The summed E-state index contributed by atoms with van der Waals surface area (Å²) in [5.74, 6) is 0.306. The first-order valence-corrected chi connectivity index (χ1v) is 9.00. The summed E-state index contributed by atoms with van der Waals surface area (Å²) in [6.07, 6.45) is 0.220. The number of benzene rings is 2. The predicted octanol–water partition coefficient (Wildman–Crippen LogP) is 3.41. The van der Waals surface area contributed by atoms with Crippen molar-refractivity contribution in [2.75, 3.05) is 18.1 Å². The molecule has 26 heavy (non-hydrogen) atoms. The first-order valence-electron chi connectivity index (χ1n) is 8.62. The molecule has 5 nitrogen and oxygen atoms in total. The van der Waals surface area contributed by atoms with Crippen molar-refractivity contribution in [2.45, 2.75) is 19.9 Å². The van der Waals surface area contributed by atoms with Gasteiger partial charge in [0.2, 0.25) is 11.8 Å². The topological polar surface area (TPSA) is 58.6 Å².